The highest BCUT2D eigenvalue weighted by atomic mass is 35.5. The van der Waals surface area contributed by atoms with E-state index in [-0.39, 0.29) is 10.9 Å². The molecule has 2 aromatic heterocycles. The maximum Gasteiger partial charge on any atom is 0.265 e. The maximum absolute atomic E-state index is 12.5. The van der Waals surface area contributed by atoms with Crippen molar-refractivity contribution in [2.75, 3.05) is 5.32 Å². The molecule has 8 heteroatoms. The summed E-state index contributed by atoms with van der Waals surface area (Å²) in [5.74, 6) is 0.493. The minimum absolute atomic E-state index is 0.265. The van der Waals surface area contributed by atoms with Crippen molar-refractivity contribution in [3.63, 3.8) is 0 Å². The molecular weight excluding hydrogens is 413 g/mol. The number of carbonyl (C=O) groups is 1. The minimum atomic E-state index is -0.786. The molecule has 29 heavy (non-hydrogen) atoms. The van der Waals surface area contributed by atoms with Crippen molar-refractivity contribution in [1.29, 1.82) is 0 Å². The van der Waals surface area contributed by atoms with Crippen LogP contribution in [0.1, 0.15) is 6.92 Å². The van der Waals surface area contributed by atoms with Gasteiger partial charge >= 0.3 is 0 Å². The Morgan fingerprint density at radius 1 is 1.14 bits per heavy atom. The van der Waals surface area contributed by atoms with E-state index in [0.29, 0.717) is 33.4 Å². The third-order valence-electron chi connectivity index (χ3n) is 4.17. The summed E-state index contributed by atoms with van der Waals surface area (Å²) in [7, 11) is 0. The number of benzene rings is 2. The largest absolute Gasteiger partial charge is 0.479 e. The van der Waals surface area contributed by atoms with E-state index in [0.717, 1.165) is 5.56 Å². The van der Waals surface area contributed by atoms with Crippen LogP contribution >= 0.6 is 23.2 Å². The number of halogens is 2. The van der Waals surface area contributed by atoms with E-state index < -0.39 is 6.10 Å². The van der Waals surface area contributed by atoms with Crippen molar-refractivity contribution < 1.29 is 13.9 Å². The highest BCUT2D eigenvalue weighted by Gasteiger charge is 2.18. The molecule has 0 spiro atoms. The van der Waals surface area contributed by atoms with Crippen molar-refractivity contribution in [1.82, 2.24) is 9.97 Å². The molecule has 1 atom stereocenters. The molecule has 1 amide bonds. The van der Waals surface area contributed by atoms with Gasteiger partial charge < -0.3 is 14.5 Å². The second kappa shape index (κ2) is 8.11. The standard InChI is InChI=1S/C21H15Cl2N3O3/c1-12(28-18-4-2-3-15(22)19(18)23)20(27)25-14-5-6-17-16(11-14)26-21(29-17)13-7-9-24-10-8-13/h2-12H,1H3,(H,25,27)/t12-/m1/s1. The number of amides is 1. The van der Waals surface area contributed by atoms with Crippen LogP contribution in [0.2, 0.25) is 10.0 Å². The number of hydrogen-bond donors (Lipinski definition) is 1. The number of ether oxygens (including phenoxy) is 1. The average molecular weight is 428 g/mol. The first-order valence-electron chi connectivity index (χ1n) is 8.74. The van der Waals surface area contributed by atoms with Crippen LogP contribution in [0.4, 0.5) is 5.69 Å². The fourth-order valence-electron chi connectivity index (χ4n) is 2.69. The minimum Gasteiger partial charge on any atom is -0.479 e. The summed E-state index contributed by atoms with van der Waals surface area (Å²) in [6, 6.07) is 13.9. The Morgan fingerprint density at radius 3 is 2.72 bits per heavy atom. The topological polar surface area (TPSA) is 77.2 Å². The van der Waals surface area contributed by atoms with Gasteiger partial charge in [0, 0.05) is 23.6 Å². The summed E-state index contributed by atoms with van der Waals surface area (Å²) < 4.78 is 11.4. The van der Waals surface area contributed by atoms with Gasteiger partial charge in [-0.25, -0.2) is 4.98 Å². The molecule has 0 saturated heterocycles. The summed E-state index contributed by atoms with van der Waals surface area (Å²) in [6.07, 6.45) is 2.55. The summed E-state index contributed by atoms with van der Waals surface area (Å²) in [5, 5.41) is 3.43. The number of rotatable bonds is 5. The third-order valence-corrected chi connectivity index (χ3v) is 4.97. The van der Waals surface area contributed by atoms with E-state index in [1.165, 1.54) is 0 Å². The predicted molar refractivity (Wildman–Crippen MR) is 112 cm³/mol. The lowest BCUT2D eigenvalue weighted by Gasteiger charge is -2.16. The zero-order valence-corrected chi connectivity index (χ0v) is 16.7. The SMILES string of the molecule is C[C@@H](Oc1cccc(Cl)c1Cl)C(=O)Nc1ccc2oc(-c3ccncc3)nc2c1. The van der Waals surface area contributed by atoms with Crippen LogP contribution in [-0.2, 0) is 4.79 Å². The van der Waals surface area contributed by atoms with E-state index in [9.17, 15) is 4.79 Å². The van der Waals surface area contributed by atoms with Gasteiger partial charge in [0.25, 0.3) is 5.91 Å². The van der Waals surface area contributed by atoms with Crippen molar-refractivity contribution in [2.24, 2.45) is 0 Å². The first-order chi connectivity index (χ1) is 14.0. The second-order valence-electron chi connectivity index (χ2n) is 6.24. The van der Waals surface area contributed by atoms with Gasteiger partial charge in [0.15, 0.2) is 11.7 Å². The zero-order valence-electron chi connectivity index (χ0n) is 15.2. The number of anilines is 1. The number of fused-ring (bicyclic) bond motifs is 1. The lowest BCUT2D eigenvalue weighted by Crippen LogP contribution is -2.30. The normalized spacial score (nSPS) is 12.0. The van der Waals surface area contributed by atoms with E-state index in [2.05, 4.69) is 15.3 Å². The Labute approximate surface area is 176 Å². The molecule has 2 aromatic carbocycles. The number of hydrogen-bond acceptors (Lipinski definition) is 5. The number of pyridine rings is 1. The maximum atomic E-state index is 12.5. The van der Waals surface area contributed by atoms with Crippen LogP contribution in [0.5, 0.6) is 5.75 Å². The molecule has 0 aliphatic carbocycles. The first kappa shape index (κ1) is 19.2. The monoisotopic (exact) mass is 427 g/mol. The van der Waals surface area contributed by atoms with Gasteiger partial charge in [-0.05, 0) is 49.4 Å². The molecule has 4 aromatic rings. The fraction of sp³-hybridized carbons (Fsp3) is 0.0952. The van der Waals surface area contributed by atoms with Crippen LogP contribution in [0.25, 0.3) is 22.6 Å². The van der Waals surface area contributed by atoms with E-state index in [4.69, 9.17) is 32.4 Å². The van der Waals surface area contributed by atoms with Crippen LogP contribution in [0, 0.1) is 0 Å². The third kappa shape index (κ3) is 4.18. The van der Waals surface area contributed by atoms with E-state index in [1.807, 2.05) is 12.1 Å². The zero-order chi connectivity index (χ0) is 20.4. The molecule has 0 aliphatic rings. The molecule has 0 radical (unpaired) electrons. The van der Waals surface area contributed by atoms with Gasteiger partial charge in [-0.2, -0.15) is 0 Å². The Hall–Kier alpha value is -3.09. The predicted octanol–water partition coefficient (Wildman–Crippen LogP) is 5.60. The second-order valence-corrected chi connectivity index (χ2v) is 7.02. The lowest BCUT2D eigenvalue weighted by molar-refractivity contribution is -0.122. The van der Waals surface area contributed by atoms with Crippen molar-refractivity contribution in [2.45, 2.75) is 13.0 Å². The van der Waals surface area contributed by atoms with Crippen molar-refractivity contribution >= 4 is 45.9 Å². The van der Waals surface area contributed by atoms with E-state index >= 15 is 0 Å². The van der Waals surface area contributed by atoms with Crippen LogP contribution in [0.3, 0.4) is 0 Å². The van der Waals surface area contributed by atoms with Gasteiger partial charge in [0.05, 0.1) is 5.02 Å². The van der Waals surface area contributed by atoms with Gasteiger partial charge in [-0.1, -0.05) is 29.3 Å². The van der Waals surface area contributed by atoms with Crippen molar-refractivity contribution in [3.05, 3.63) is 71.0 Å². The van der Waals surface area contributed by atoms with Crippen LogP contribution in [-0.4, -0.2) is 22.0 Å². The lowest BCUT2D eigenvalue weighted by atomic mass is 10.2. The van der Waals surface area contributed by atoms with Gasteiger partial charge in [-0.15, -0.1) is 0 Å². The molecule has 0 aliphatic heterocycles. The molecule has 1 N–H and O–H groups in total. The number of oxazole rings is 1. The molecular formula is C21H15Cl2N3O3. The number of carbonyl (C=O) groups excluding carboxylic acids is 1. The van der Waals surface area contributed by atoms with Crippen LogP contribution < -0.4 is 10.1 Å². The Morgan fingerprint density at radius 2 is 1.93 bits per heavy atom. The number of nitrogens with one attached hydrogen (secondary N) is 1. The van der Waals surface area contributed by atoms with Gasteiger partial charge in [0.1, 0.15) is 16.3 Å². The highest BCUT2D eigenvalue weighted by molar-refractivity contribution is 6.42. The first-order valence-corrected chi connectivity index (χ1v) is 9.49. The van der Waals surface area contributed by atoms with Crippen LogP contribution in [0.15, 0.2) is 65.3 Å². The Bertz CT molecular complexity index is 1180. The summed E-state index contributed by atoms with van der Waals surface area (Å²) >= 11 is 12.1. The van der Waals surface area contributed by atoms with Crippen molar-refractivity contribution in [3.8, 4) is 17.2 Å². The molecule has 6 nitrogen and oxygen atoms in total. The quantitative estimate of drug-likeness (QED) is 0.448. The summed E-state index contributed by atoms with van der Waals surface area (Å²) in [5.41, 5.74) is 2.64. The van der Waals surface area contributed by atoms with Gasteiger partial charge in [-0.3, -0.25) is 9.78 Å². The molecule has 0 saturated carbocycles. The Balaban J connectivity index is 1.49. The average Bonchev–Trinajstić information content (AvgIpc) is 3.15. The molecule has 4 rings (SSSR count). The number of nitrogens with zero attached hydrogens (tertiary/aromatic N) is 2. The summed E-state index contributed by atoms with van der Waals surface area (Å²) in [6.45, 7) is 1.63. The molecule has 0 fully saturated rings. The fourth-order valence-corrected chi connectivity index (χ4v) is 3.02. The Kier molecular flexibility index (Phi) is 5.38. The molecule has 2 heterocycles. The van der Waals surface area contributed by atoms with E-state index in [1.54, 1.807) is 55.7 Å². The molecule has 0 unspecified atom stereocenters. The molecule has 146 valence electrons. The summed E-state index contributed by atoms with van der Waals surface area (Å²) in [4.78, 5) is 21.0. The molecule has 0 bridgehead atoms. The van der Waals surface area contributed by atoms with Gasteiger partial charge in [0.2, 0.25) is 5.89 Å². The smallest absolute Gasteiger partial charge is 0.265 e. The highest BCUT2D eigenvalue weighted by Crippen LogP contribution is 2.32. The number of aromatic nitrogens is 2.